The van der Waals surface area contributed by atoms with E-state index in [0.717, 1.165) is 30.2 Å². The molecule has 0 amide bonds. The lowest BCUT2D eigenvalue weighted by Crippen LogP contribution is -2.48. The first-order valence-corrected chi connectivity index (χ1v) is 12.2. The maximum absolute atomic E-state index is 11.7. The van der Waals surface area contributed by atoms with Gasteiger partial charge in [-0.15, -0.1) is 24.0 Å². The fraction of sp³-hybridized carbons (Fsp3) is 0.435. The molecule has 0 heterocycles. The number of sulfonamides is 1. The van der Waals surface area contributed by atoms with Gasteiger partial charge in [-0.3, -0.25) is 0 Å². The average molecular weight is 557 g/mol. The Balaban J connectivity index is 0.00000341. The molecule has 1 aliphatic rings. The molecule has 170 valence electrons. The second-order valence-corrected chi connectivity index (χ2v) is 9.75. The number of guanidine groups is 1. The van der Waals surface area contributed by atoms with Crippen LogP contribution < -0.4 is 15.4 Å². The number of hydrogen-bond acceptors (Lipinski definition) is 3. The van der Waals surface area contributed by atoms with Crippen molar-refractivity contribution in [1.29, 1.82) is 0 Å². The van der Waals surface area contributed by atoms with Gasteiger partial charge < -0.3 is 10.6 Å². The summed E-state index contributed by atoms with van der Waals surface area (Å²) in [4.78, 5) is 4.72. The van der Waals surface area contributed by atoms with Crippen molar-refractivity contribution >= 4 is 40.0 Å². The van der Waals surface area contributed by atoms with Crippen LogP contribution in [0.5, 0.6) is 0 Å². The second kappa shape index (κ2) is 11.8. The van der Waals surface area contributed by atoms with Crippen molar-refractivity contribution in [3.63, 3.8) is 0 Å². The van der Waals surface area contributed by atoms with E-state index < -0.39 is 10.0 Å². The standard InChI is InChI=1S/C23H32N4O2S.HI/c1-3-25-22(27-18-23(14-7-15-23)21-8-5-4-6-9-21)26-16-19-10-12-20(13-11-19)17-30(28,29)24-2;/h4-6,8-13,24H,3,7,14-18H2,1-2H3,(H2,25,26,27);1H. The molecule has 2 aromatic rings. The summed E-state index contributed by atoms with van der Waals surface area (Å²) in [6, 6.07) is 18.3. The summed E-state index contributed by atoms with van der Waals surface area (Å²) in [5.74, 6) is 0.792. The molecule has 6 nitrogen and oxygen atoms in total. The molecule has 3 N–H and O–H groups in total. The fourth-order valence-corrected chi connectivity index (χ4v) is 4.54. The molecule has 1 aliphatic carbocycles. The highest BCUT2D eigenvalue weighted by atomic mass is 127. The smallest absolute Gasteiger partial charge is 0.215 e. The van der Waals surface area contributed by atoms with Crippen LogP contribution in [0.15, 0.2) is 59.6 Å². The van der Waals surface area contributed by atoms with Crippen LogP contribution in [-0.2, 0) is 27.7 Å². The van der Waals surface area contributed by atoms with Gasteiger partial charge >= 0.3 is 0 Å². The Bertz CT molecular complexity index is 943. The van der Waals surface area contributed by atoms with E-state index in [0.29, 0.717) is 6.54 Å². The first-order valence-electron chi connectivity index (χ1n) is 10.5. The molecule has 0 aromatic heterocycles. The zero-order valence-electron chi connectivity index (χ0n) is 18.2. The number of rotatable bonds is 9. The monoisotopic (exact) mass is 556 g/mol. The molecule has 1 fully saturated rings. The van der Waals surface area contributed by atoms with Crippen LogP contribution in [0.25, 0.3) is 0 Å². The predicted octanol–water partition coefficient (Wildman–Crippen LogP) is 3.53. The zero-order chi connectivity index (χ0) is 21.5. The fourth-order valence-electron chi connectivity index (χ4n) is 3.76. The van der Waals surface area contributed by atoms with E-state index in [1.165, 1.54) is 31.9 Å². The van der Waals surface area contributed by atoms with Gasteiger partial charge in [-0.25, -0.2) is 18.1 Å². The van der Waals surface area contributed by atoms with Gasteiger partial charge in [0.15, 0.2) is 5.96 Å². The van der Waals surface area contributed by atoms with Crippen LogP contribution >= 0.6 is 24.0 Å². The summed E-state index contributed by atoms with van der Waals surface area (Å²) >= 11 is 0. The molecule has 1 saturated carbocycles. The molecule has 0 atom stereocenters. The average Bonchev–Trinajstić information content (AvgIpc) is 2.73. The van der Waals surface area contributed by atoms with Crippen molar-refractivity contribution in [1.82, 2.24) is 15.4 Å². The Morgan fingerprint density at radius 2 is 1.65 bits per heavy atom. The number of nitrogens with zero attached hydrogens (tertiary/aromatic N) is 1. The summed E-state index contributed by atoms with van der Waals surface area (Å²) in [5, 5.41) is 6.86. The predicted molar refractivity (Wildman–Crippen MR) is 138 cm³/mol. The SMILES string of the molecule is CCNC(=NCc1ccc(CS(=O)(=O)NC)cc1)NCC1(c2ccccc2)CCC1.I. The number of nitrogens with one attached hydrogen (secondary N) is 3. The van der Waals surface area contributed by atoms with Gasteiger partial charge in [0.25, 0.3) is 0 Å². The van der Waals surface area contributed by atoms with Gasteiger partial charge in [0.1, 0.15) is 0 Å². The topological polar surface area (TPSA) is 82.6 Å². The lowest BCUT2D eigenvalue weighted by atomic mass is 9.64. The summed E-state index contributed by atoms with van der Waals surface area (Å²) in [6.45, 7) is 4.26. The van der Waals surface area contributed by atoms with Crippen molar-refractivity contribution in [2.45, 2.75) is 43.9 Å². The van der Waals surface area contributed by atoms with Crippen molar-refractivity contribution in [2.24, 2.45) is 4.99 Å². The first kappa shape index (κ1) is 25.6. The van der Waals surface area contributed by atoms with Crippen LogP contribution in [0.4, 0.5) is 0 Å². The Hall–Kier alpha value is -1.65. The van der Waals surface area contributed by atoms with E-state index in [9.17, 15) is 8.42 Å². The zero-order valence-corrected chi connectivity index (χ0v) is 21.4. The number of hydrogen-bond donors (Lipinski definition) is 3. The molecule has 2 aromatic carbocycles. The quantitative estimate of drug-likeness (QED) is 0.251. The summed E-state index contributed by atoms with van der Waals surface area (Å²) in [6.07, 6.45) is 3.65. The largest absolute Gasteiger partial charge is 0.357 e. The van der Waals surface area contributed by atoms with Gasteiger partial charge in [0, 0.05) is 18.5 Å². The third-order valence-corrected chi connectivity index (χ3v) is 7.08. The maximum Gasteiger partial charge on any atom is 0.215 e. The van der Waals surface area contributed by atoms with Crippen LogP contribution in [-0.4, -0.2) is 34.5 Å². The Labute approximate surface area is 203 Å². The molecule has 0 spiro atoms. The Morgan fingerprint density at radius 1 is 1.00 bits per heavy atom. The van der Waals surface area contributed by atoms with E-state index in [-0.39, 0.29) is 35.1 Å². The number of aliphatic imine (C=N–C) groups is 1. The van der Waals surface area contributed by atoms with Crippen molar-refractivity contribution < 1.29 is 8.42 Å². The highest BCUT2D eigenvalue weighted by Gasteiger charge is 2.38. The van der Waals surface area contributed by atoms with Crippen LogP contribution in [0, 0.1) is 0 Å². The normalized spacial score (nSPS) is 15.5. The van der Waals surface area contributed by atoms with Gasteiger partial charge in [-0.2, -0.15) is 0 Å². The molecule has 31 heavy (non-hydrogen) atoms. The Kier molecular flexibility index (Phi) is 9.77. The highest BCUT2D eigenvalue weighted by Crippen LogP contribution is 2.43. The van der Waals surface area contributed by atoms with Crippen LogP contribution in [0.2, 0.25) is 0 Å². The maximum atomic E-state index is 11.7. The van der Waals surface area contributed by atoms with Gasteiger partial charge in [-0.1, -0.05) is 61.0 Å². The van der Waals surface area contributed by atoms with E-state index >= 15 is 0 Å². The van der Waals surface area contributed by atoms with E-state index in [1.807, 2.05) is 24.3 Å². The minimum absolute atomic E-state index is 0. The van der Waals surface area contributed by atoms with E-state index in [1.54, 1.807) is 0 Å². The molecule has 0 saturated heterocycles. The summed E-state index contributed by atoms with van der Waals surface area (Å²) in [5.41, 5.74) is 3.39. The van der Waals surface area contributed by atoms with Gasteiger partial charge in [-0.05, 0) is 43.5 Å². The molecule has 0 radical (unpaired) electrons. The van der Waals surface area contributed by atoms with Crippen molar-refractivity contribution in [3.8, 4) is 0 Å². The van der Waals surface area contributed by atoms with Crippen LogP contribution in [0.1, 0.15) is 42.9 Å². The van der Waals surface area contributed by atoms with Gasteiger partial charge in [0.2, 0.25) is 10.0 Å². The lowest BCUT2D eigenvalue weighted by Gasteiger charge is -2.43. The van der Waals surface area contributed by atoms with Crippen molar-refractivity contribution in [3.05, 3.63) is 71.3 Å². The Morgan fingerprint density at radius 3 is 2.19 bits per heavy atom. The molecule has 0 bridgehead atoms. The molecule has 3 rings (SSSR count). The minimum atomic E-state index is -3.26. The van der Waals surface area contributed by atoms with E-state index in [4.69, 9.17) is 4.99 Å². The molecule has 8 heteroatoms. The second-order valence-electron chi connectivity index (χ2n) is 7.83. The first-order chi connectivity index (χ1) is 14.5. The van der Waals surface area contributed by atoms with Crippen molar-refractivity contribution in [2.75, 3.05) is 20.1 Å². The number of halogens is 1. The molecular weight excluding hydrogens is 523 g/mol. The van der Waals surface area contributed by atoms with E-state index in [2.05, 4.69) is 52.6 Å². The highest BCUT2D eigenvalue weighted by molar-refractivity contribution is 14.0. The molecular formula is C23H33IN4O2S. The summed E-state index contributed by atoms with van der Waals surface area (Å²) < 4.78 is 25.7. The third kappa shape index (κ3) is 7.18. The molecule has 0 aliphatic heterocycles. The number of benzene rings is 2. The summed E-state index contributed by atoms with van der Waals surface area (Å²) in [7, 11) is -1.83. The minimum Gasteiger partial charge on any atom is -0.357 e. The third-order valence-electron chi connectivity index (χ3n) is 5.75. The van der Waals surface area contributed by atoms with Gasteiger partial charge in [0.05, 0.1) is 12.3 Å². The molecule has 0 unspecified atom stereocenters. The van der Waals surface area contributed by atoms with Crippen LogP contribution in [0.3, 0.4) is 0 Å². The lowest BCUT2D eigenvalue weighted by molar-refractivity contribution is 0.244.